The monoisotopic (exact) mass is 405 g/mol. The normalized spacial score (nSPS) is 19.2. The molecule has 0 atom stereocenters. The van der Waals surface area contributed by atoms with Crippen molar-refractivity contribution in [1.82, 2.24) is 15.3 Å². The van der Waals surface area contributed by atoms with E-state index < -0.39 is 6.61 Å². The molecular weight excluding hydrogens is 376 g/mol. The Hall–Kier alpha value is -2.48. The minimum Gasteiger partial charge on any atom is -0.434 e. The van der Waals surface area contributed by atoms with Crippen LogP contribution in [0.3, 0.4) is 0 Å². The predicted molar refractivity (Wildman–Crippen MR) is 111 cm³/mol. The molecule has 0 unspecified atom stereocenters. The summed E-state index contributed by atoms with van der Waals surface area (Å²) in [6, 6.07) is 9.19. The zero-order valence-corrected chi connectivity index (χ0v) is 16.9. The Labute approximate surface area is 170 Å². The Balaban J connectivity index is 1.41. The fourth-order valence-corrected chi connectivity index (χ4v) is 3.63. The first-order valence-corrected chi connectivity index (χ1v) is 10.0. The van der Waals surface area contributed by atoms with Gasteiger partial charge in [-0.15, -0.1) is 0 Å². The highest BCUT2D eigenvalue weighted by molar-refractivity contribution is 5.41. The van der Waals surface area contributed by atoms with E-state index >= 15 is 0 Å². The van der Waals surface area contributed by atoms with E-state index in [0.717, 1.165) is 43.6 Å². The van der Waals surface area contributed by atoms with Crippen molar-refractivity contribution in [2.75, 3.05) is 30.9 Å². The van der Waals surface area contributed by atoms with Gasteiger partial charge in [-0.2, -0.15) is 13.8 Å². The number of anilines is 2. The van der Waals surface area contributed by atoms with Gasteiger partial charge in [0.05, 0.1) is 0 Å². The number of hydrogen-bond donors (Lipinski definition) is 2. The molecule has 2 aromatic rings. The van der Waals surface area contributed by atoms with Gasteiger partial charge in [0.25, 0.3) is 0 Å². The van der Waals surface area contributed by atoms with Gasteiger partial charge in [0.1, 0.15) is 11.6 Å². The average Bonchev–Trinajstić information content (AvgIpc) is 2.70. The summed E-state index contributed by atoms with van der Waals surface area (Å²) in [4.78, 5) is 10.8. The number of hydrogen-bond acceptors (Lipinski definition) is 6. The van der Waals surface area contributed by atoms with E-state index in [2.05, 4.69) is 25.3 Å². The summed E-state index contributed by atoms with van der Waals surface area (Å²) in [6.07, 6.45) is 6.11. The summed E-state index contributed by atoms with van der Waals surface area (Å²) in [5.41, 5.74) is 0.751. The number of rotatable bonds is 9. The first kappa shape index (κ1) is 21.2. The molecule has 0 bridgehead atoms. The van der Waals surface area contributed by atoms with Crippen molar-refractivity contribution in [1.29, 1.82) is 0 Å². The lowest BCUT2D eigenvalue weighted by atomic mass is 9.86. The third-order valence-electron chi connectivity index (χ3n) is 5.22. The summed E-state index contributed by atoms with van der Waals surface area (Å²) in [5, 5.41) is 6.84. The van der Waals surface area contributed by atoms with E-state index in [0.29, 0.717) is 24.5 Å². The highest BCUT2D eigenvalue weighted by Crippen LogP contribution is 2.26. The van der Waals surface area contributed by atoms with Gasteiger partial charge >= 0.3 is 6.61 Å². The number of halogens is 2. The largest absolute Gasteiger partial charge is 0.434 e. The topological polar surface area (TPSA) is 62.3 Å². The smallest absolute Gasteiger partial charge is 0.387 e. The van der Waals surface area contributed by atoms with Crippen LogP contribution in [0.1, 0.15) is 31.2 Å². The summed E-state index contributed by atoms with van der Waals surface area (Å²) in [7, 11) is 3.92. The second-order valence-corrected chi connectivity index (χ2v) is 7.61. The molecule has 1 saturated carbocycles. The molecule has 0 amide bonds. The summed E-state index contributed by atoms with van der Waals surface area (Å²) in [5.74, 6) is 2.37. The lowest BCUT2D eigenvalue weighted by Crippen LogP contribution is -2.31. The summed E-state index contributed by atoms with van der Waals surface area (Å²) >= 11 is 0. The van der Waals surface area contributed by atoms with Crippen LogP contribution < -0.4 is 20.3 Å². The summed E-state index contributed by atoms with van der Waals surface area (Å²) < 4.78 is 29.6. The molecular formula is C21H29F2N5O. The second kappa shape index (κ2) is 10.3. The Morgan fingerprint density at radius 2 is 1.90 bits per heavy atom. The molecule has 0 aliphatic heterocycles. The fraction of sp³-hybridized carbons (Fsp3) is 0.524. The number of aromatic nitrogens is 2. The van der Waals surface area contributed by atoms with Crippen LogP contribution >= 0.6 is 0 Å². The lowest BCUT2D eigenvalue weighted by Gasteiger charge is -2.29. The fourth-order valence-electron chi connectivity index (χ4n) is 3.63. The molecule has 1 aliphatic carbocycles. The third kappa shape index (κ3) is 6.52. The number of nitrogens with one attached hydrogen (secondary N) is 2. The van der Waals surface area contributed by atoms with Gasteiger partial charge in [-0.1, -0.05) is 18.2 Å². The van der Waals surface area contributed by atoms with Crippen molar-refractivity contribution in [2.45, 2.75) is 44.9 Å². The Morgan fingerprint density at radius 1 is 1.14 bits per heavy atom. The van der Waals surface area contributed by atoms with Crippen LogP contribution in [-0.4, -0.2) is 43.3 Å². The quantitative estimate of drug-likeness (QED) is 0.660. The van der Waals surface area contributed by atoms with Crippen LogP contribution in [0.5, 0.6) is 5.75 Å². The van der Waals surface area contributed by atoms with Crippen LogP contribution in [0.25, 0.3) is 0 Å². The molecule has 0 spiro atoms. The van der Waals surface area contributed by atoms with Crippen LogP contribution in [0, 0.1) is 5.92 Å². The molecule has 1 fully saturated rings. The third-order valence-corrected chi connectivity index (χ3v) is 5.22. The minimum atomic E-state index is -2.80. The molecule has 158 valence electrons. The van der Waals surface area contributed by atoms with Crippen LogP contribution in [0.15, 0.2) is 36.5 Å². The molecule has 29 heavy (non-hydrogen) atoms. The number of nitrogens with zero attached hydrogens (tertiary/aromatic N) is 3. The molecule has 6 nitrogen and oxygen atoms in total. The standard InChI is InChI=1S/C21H29F2N5O/c1-28(2)19-11-12-25-21(27-19)26-17-9-7-15(8-10-17)13-24-14-16-5-3-4-6-18(16)29-20(22)23/h3-6,11-12,15,17,20,24H,7-10,13-14H2,1-2H3,(H,25,26,27). The van der Waals surface area contributed by atoms with Gasteiger partial charge in [-0.25, -0.2) is 4.98 Å². The van der Waals surface area contributed by atoms with Gasteiger partial charge in [0.15, 0.2) is 0 Å². The van der Waals surface area contributed by atoms with Crippen molar-refractivity contribution in [2.24, 2.45) is 5.92 Å². The second-order valence-electron chi connectivity index (χ2n) is 7.61. The SMILES string of the molecule is CN(C)c1ccnc(NC2CCC(CNCc3ccccc3OC(F)F)CC2)n1. The molecule has 0 radical (unpaired) electrons. The maximum atomic E-state index is 12.5. The lowest BCUT2D eigenvalue weighted by molar-refractivity contribution is -0.0505. The van der Waals surface area contributed by atoms with E-state index in [1.165, 1.54) is 0 Å². The molecule has 1 heterocycles. The van der Waals surface area contributed by atoms with Gasteiger partial charge in [0.2, 0.25) is 5.95 Å². The summed E-state index contributed by atoms with van der Waals surface area (Å²) in [6.45, 7) is -1.42. The molecule has 3 rings (SSSR count). The number of ether oxygens (including phenoxy) is 1. The zero-order valence-electron chi connectivity index (χ0n) is 16.9. The highest BCUT2D eigenvalue weighted by Gasteiger charge is 2.21. The van der Waals surface area contributed by atoms with Gasteiger partial charge in [-0.05, 0) is 50.3 Å². The Morgan fingerprint density at radius 3 is 2.62 bits per heavy atom. The number of benzene rings is 1. The Bertz CT molecular complexity index is 766. The van der Waals surface area contributed by atoms with E-state index in [4.69, 9.17) is 0 Å². The molecule has 1 aromatic heterocycles. The first-order chi connectivity index (χ1) is 14.0. The maximum absolute atomic E-state index is 12.5. The Kier molecular flexibility index (Phi) is 7.57. The molecule has 1 aromatic carbocycles. The van der Waals surface area contributed by atoms with Crippen molar-refractivity contribution >= 4 is 11.8 Å². The van der Waals surface area contributed by atoms with Crippen molar-refractivity contribution in [3.05, 3.63) is 42.1 Å². The molecule has 2 N–H and O–H groups in total. The average molecular weight is 405 g/mol. The molecule has 8 heteroatoms. The highest BCUT2D eigenvalue weighted by atomic mass is 19.3. The van der Waals surface area contributed by atoms with Crippen molar-refractivity contribution in [3.8, 4) is 5.75 Å². The van der Waals surface area contributed by atoms with Gasteiger partial charge < -0.3 is 20.3 Å². The van der Waals surface area contributed by atoms with E-state index in [-0.39, 0.29) is 5.75 Å². The minimum absolute atomic E-state index is 0.239. The molecule has 1 aliphatic rings. The van der Waals surface area contributed by atoms with Crippen molar-refractivity contribution < 1.29 is 13.5 Å². The number of para-hydroxylation sites is 1. The predicted octanol–water partition coefficient (Wildman–Crippen LogP) is 3.90. The van der Waals surface area contributed by atoms with Crippen LogP contribution in [0.2, 0.25) is 0 Å². The van der Waals surface area contributed by atoms with Crippen LogP contribution in [-0.2, 0) is 6.54 Å². The number of alkyl halides is 2. The van der Waals surface area contributed by atoms with Gasteiger partial charge in [0, 0.05) is 38.4 Å². The zero-order chi connectivity index (χ0) is 20.6. The van der Waals surface area contributed by atoms with E-state index in [9.17, 15) is 8.78 Å². The first-order valence-electron chi connectivity index (χ1n) is 10.0. The van der Waals surface area contributed by atoms with Gasteiger partial charge in [-0.3, -0.25) is 0 Å². The van der Waals surface area contributed by atoms with Crippen LogP contribution in [0.4, 0.5) is 20.5 Å². The van der Waals surface area contributed by atoms with E-state index in [1.807, 2.05) is 37.2 Å². The molecule has 0 saturated heterocycles. The van der Waals surface area contributed by atoms with E-state index in [1.54, 1.807) is 18.3 Å². The van der Waals surface area contributed by atoms with Crippen molar-refractivity contribution in [3.63, 3.8) is 0 Å². The maximum Gasteiger partial charge on any atom is 0.387 e.